The highest BCUT2D eigenvalue weighted by atomic mass is 32.2. The van der Waals surface area contributed by atoms with Crippen molar-refractivity contribution >= 4 is 40.3 Å². The maximum absolute atomic E-state index is 11.5. The monoisotopic (exact) mass is 255 g/mol. The average molecular weight is 255 g/mol. The molecular weight excluding hydrogens is 242 g/mol. The van der Waals surface area contributed by atoms with Gasteiger partial charge < -0.3 is 11.1 Å². The number of nitrogens with one attached hydrogen (secondary N) is 2. The third kappa shape index (κ3) is 4.16. The average Bonchev–Trinajstić information content (AvgIpc) is 2.27. The summed E-state index contributed by atoms with van der Waals surface area (Å²) >= 11 is 2.59. The third-order valence-corrected chi connectivity index (χ3v) is 3.25. The Morgan fingerprint density at radius 1 is 1.50 bits per heavy atom. The van der Waals surface area contributed by atoms with E-state index in [1.54, 1.807) is 11.8 Å². The molecule has 0 radical (unpaired) electrons. The largest absolute Gasteiger partial charge is 0.379 e. The maximum Gasteiger partial charge on any atom is 0.234 e. The molecule has 0 bridgehead atoms. The number of anilines is 1. The van der Waals surface area contributed by atoms with E-state index in [1.807, 2.05) is 30.5 Å². The van der Waals surface area contributed by atoms with Gasteiger partial charge in [-0.05, 0) is 18.4 Å². The SMILES string of the molecule is CSc1ccccc1NC(=O)CSC(=N)N. The molecule has 0 saturated carbocycles. The van der Waals surface area contributed by atoms with Crippen LogP contribution in [0.2, 0.25) is 0 Å². The molecule has 0 fully saturated rings. The molecule has 0 unspecified atom stereocenters. The van der Waals surface area contributed by atoms with Crippen LogP contribution < -0.4 is 11.1 Å². The van der Waals surface area contributed by atoms with E-state index in [1.165, 1.54) is 0 Å². The Kier molecular flexibility index (Phi) is 5.21. The van der Waals surface area contributed by atoms with Crippen LogP contribution in [0.1, 0.15) is 0 Å². The van der Waals surface area contributed by atoms with E-state index in [-0.39, 0.29) is 16.8 Å². The van der Waals surface area contributed by atoms with Crippen LogP contribution >= 0.6 is 23.5 Å². The van der Waals surface area contributed by atoms with E-state index in [0.29, 0.717) is 0 Å². The fourth-order valence-electron chi connectivity index (χ4n) is 1.08. The fraction of sp³-hybridized carbons (Fsp3) is 0.200. The van der Waals surface area contributed by atoms with Gasteiger partial charge in [0.1, 0.15) is 0 Å². The number of rotatable bonds is 4. The second kappa shape index (κ2) is 6.44. The third-order valence-electron chi connectivity index (χ3n) is 1.74. The molecule has 6 heteroatoms. The number of thioether (sulfide) groups is 2. The Labute approximate surface area is 103 Å². The summed E-state index contributed by atoms with van der Waals surface area (Å²) in [5.74, 6) is 0.0135. The topological polar surface area (TPSA) is 79.0 Å². The van der Waals surface area contributed by atoms with E-state index >= 15 is 0 Å². The van der Waals surface area contributed by atoms with Gasteiger partial charge >= 0.3 is 0 Å². The number of carbonyl (C=O) groups excluding carboxylic acids is 1. The minimum Gasteiger partial charge on any atom is -0.379 e. The summed E-state index contributed by atoms with van der Waals surface area (Å²) in [6.45, 7) is 0. The van der Waals surface area contributed by atoms with Gasteiger partial charge in [0.05, 0.1) is 11.4 Å². The van der Waals surface area contributed by atoms with Crippen LogP contribution in [0.5, 0.6) is 0 Å². The molecule has 1 amide bonds. The molecule has 0 saturated heterocycles. The van der Waals surface area contributed by atoms with Gasteiger partial charge in [-0.2, -0.15) is 0 Å². The van der Waals surface area contributed by atoms with Crippen LogP contribution in [0.3, 0.4) is 0 Å². The highest BCUT2D eigenvalue weighted by Gasteiger charge is 2.06. The molecule has 0 aromatic heterocycles. The van der Waals surface area contributed by atoms with Gasteiger partial charge in [-0.3, -0.25) is 10.2 Å². The van der Waals surface area contributed by atoms with Gasteiger partial charge in [-0.1, -0.05) is 23.9 Å². The van der Waals surface area contributed by atoms with E-state index in [9.17, 15) is 4.79 Å². The Bertz CT molecular complexity index is 395. The smallest absolute Gasteiger partial charge is 0.234 e. The number of hydrogen-bond donors (Lipinski definition) is 3. The molecule has 0 aliphatic carbocycles. The Morgan fingerprint density at radius 2 is 2.19 bits per heavy atom. The second-order valence-electron chi connectivity index (χ2n) is 2.90. The summed E-state index contributed by atoms with van der Waals surface area (Å²) in [6.07, 6.45) is 1.95. The summed E-state index contributed by atoms with van der Waals surface area (Å²) in [5.41, 5.74) is 5.95. The summed E-state index contributed by atoms with van der Waals surface area (Å²) in [6, 6.07) is 7.58. The minimum absolute atomic E-state index is 0.0479. The quantitative estimate of drug-likeness (QED) is 0.436. The lowest BCUT2D eigenvalue weighted by Crippen LogP contribution is -2.17. The zero-order valence-corrected chi connectivity index (χ0v) is 10.5. The van der Waals surface area contributed by atoms with Crippen molar-refractivity contribution < 1.29 is 4.79 Å². The van der Waals surface area contributed by atoms with Crippen LogP contribution in [-0.4, -0.2) is 23.1 Å². The molecule has 1 aromatic rings. The number of amidine groups is 1. The predicted octanol–water partition coefficient (Wildman–Crippen LogP) is 1.97. The number of nitrogens with two attached hydrogens (primary N) is 1. The van der Waals surface area contributed by atoms with Gasteiger partial charge in [0.2, 0.25) is 5.91 Å². The van der Waals surface area contributed by atoms with Crippen molar-refractivity contribution in [3.63, 3.8) is 0 Å². The summed E-state index contributed by atoms with van der Waals surface area (Å²) < 4.78 is 0. The van der Waals surface area contributed by atoms with Gasteiger partial charge in [0, 0.05) is 4.90 Å². The Balaban J connectivity index is 2.58. The molecule has 0 spiro atoms. The highest BCUT2D eigenvalue weighted by molar-refractivity contribution is 8.14. The van der Waals surface area contributed by atoms with Crippen LogP contribution in [0.25, 0.3) is 0 Å². The van der Waals surface area contributed by atoms with E-state index in [2.05, 4.69) is 5.32 Å². The van der Waals surface area contributed by atoms with E-state index < -0.39 is 0 Å². The summed E-state index contributed by atoms with van der Waals surface area (Å²) in [5, 5.41) is 9.74. The van der Waals surface area contributed by atoms with Crippen molar-refractivity contribution in [3.05, 3.63) is 24.3 Å². The molecular formula is C10H13N3OS2. The first kappa shape index (κ1) is 12.9. The first-order valence-corrected chi connectivity index (χ1v) is 6.74. The maximum atomic E-state index is 11.5. The molecule has 4 N–H and O–H groups in total. The van der Waals surface area contributed by atoms with E-state index in [4.69, 9.17) is 11.1 Å². The number of para-hydroxylation sites is 1. The molecule has 0 aliphatic heterocycles. The molecule has 86 valence electrons. The van der Waals surface area contributed by atoms with Crippen molar-refractivity contribution in [1.82, 2.24) is 0 Å². The van der Waals surface area contributed by atoms with Crippen LogP contribution in [-0.2, 0) is 4.79 Å². The standard InChI is InChI=1S/C10H13N3OS2/c1-15-8-5-3-2-4-7(8)13-9(14)6-16-10(11)12/h2-5H,6H2,1H3,(H3,11,12)(H,13,14). The number of benzene rings is 1. The molecule has 0 aliphatic rings. The lowest BCUT2D eigenvalue weighted by atomic mass is 10.3. The minimum atomic E-state index is -0.151. The molecule has 4 nitrogen and oxygen atoms in total. The predicted molar refractivity (Wildman–Crippen MR) is 71.2 cm³/mol. The van der Waals surface area contributed by atoms with Crippen LogP contribution in [0.15, 0.2) is 29.2 Å². The number of amides is 1. The van der Waals surface area contributed by atoms with Gasteiger partial charge in [0.25, 0.3) is 0 Å². The zero-order chi connectivity index (χ0) is 12.0. The highest BCUT2D eigenvalue weighted by Crippen LogP contribution is 2.24. The van der Waals surface area contributed by atoms with Crippen molar-refractivity contribution in [3.8, 4) is 0 Å². The summed E-state index contributed by atoms with van der Waals surface area (Å²) in [7, 11) is 0. The Hall–Kier alpha value is -1.14. The molecule has 0 atom stereocenters. The first-order chi connectivity index (χ1) is 7.63. The lowest BCUT2D eigenvalue weighted by molar-refractivity contribution is -0.113. The van der Waals surface area contributed by atoms with Crippen molar-refractivity contribution in [2.45, 2.75) is 4.90 Å². The first-order valence-electron chi connectivity index (χ1n) is 4.53. The molecule has 1 aromatic carbocycles. The normalized spacial score (nSPS) is 9.81. The van der Waals surface area contributed by atoms with Gasteiger partial charge in [0.15, 0.2) is 5.17 Å². The van der Waals surface area contributed by atoms with Crippen LogP contribution in [0, 0.1) is 5.41 Å². The number of carbonyl (C=O) groups is 1. The van der Waals surface area contributed by atoms with Crippen molar-refractivity contribution in [2.24, 2.45) is 5.73 Å². The van der Waals surface area contributed by atoms with Crippen LogP contribution in [0.4, 0.5) is 5.69 Å². The molecule has 0 heterocycles. The van der Waals surface area contributed by atoms with Gasteiger partial charge in [-0.25, -0.2) is 0 Å². The Morgan fingerprint density at radius 3 is 2.81 bits per heavy atom. The molecule has 16 heavy (non-hydrogen) atoms. The molecule has 1 rings (SSSR count). The number of hydrogen-bond acceptors (Lipinski definition) is 4. The second-order valence-corrected chi connectivity index (χ2v) is 4.77. The van der Waals surface area contributed by atoms with Crippen molar-refractivity contribution in [2.75, 3.05) is 17.3 Å². The van der Waals surface area contributed by atoms with E-state index in [0.717, 1.165) is 22.3 Å². The van der Waals surface area contributed by atoms with Gasteiger partial charge in [-0.15, -0.1) is 11.8 Å². The van der Waals surface area contributed by atoms with Crippen molar-refractivity contribution in [1.29, 1.82) is 5.41 Å². The fourth-order valence-corrected chi connectivity index (χ4v) is 1.99. The lowest BCUT2D eigenvalue weighted by Gasteiger charge is -2.08. The zero-order valence-electron chi connectivity index (χ0n) is 8.82. The summed E-state index contributed by atoms with van der Waals surface area (Å²) in [4.78, 5) is 12.5.